The van der Waals surface area contributed by atoms with Gasteiger partial charge in [0.2, 0.25) is 5.91 Å². The van der Waals surface area contributed by atoms with Crippen LogP contribution in [0.1, 0.15) is 15.6 Å². The SMILES string of the molecule is Cc1ncc(CNC(=O)C=Cc2cnc3ccccc3n2)s1. The summed E-state index contributed by atoms with van der Waals surface area (Å²) in [6.07, 6.45) is 6.55. The van der Waals surface area contributed by atoms with Crippen LogP contribution in [0, 0.1) is 6.92 Å². The number of carbonyl (C=O) groups is 1. The third-order valence-electron chi connectivity index (χ3n) is 2.98. The summed E-state index contributed by atoms with van der Waals surface area (Å²) >= 11 is 1.57. The first-order valence-corrected chi connectivity index (χ1v) is 7.61. The Morgan fingerprint density at radius 3 is 2.82 bits per heavy atom. The number of para-hydroxylation sites is 2. The molecule has 22 heavy (non-hydrogen) atoms. The standard InChI is InChI=1S/C16H14N4OS/c1-11-17-9-13(22-11)10-19-16(21)7-6-12-8-18-14-4-2-3-5-15(14)20-12/h2-9H,10H2,1H3,(H,19,21). The van der Waals surface area contributed by atoms with Gasteiger partial charge in [0.15, 0.2) is 0 Å². The van der Waals surface area contributed by atoms with Crippen LogP contribution in [0.4, 0.5) is 0 Å². The topological polar surface area (TPSA) is 67.8 Å². The molecule has 3 rings (SSSR count). The number of aromatic nitrogens is 3. The van der Waals surface area contributed by atoms with Gasteiger partial charge in [0.1, 0.15) is 0 Å². The molecule has 0 unspecified atom stereocenters. The van der Waals surface area contributed by atoms with Gasteiger partial charge in [-0.25, -0.2) is 9.97 Å². The summed E-state index contributed by atoms with van der Waals surface area (Å²) in [4.78, 5) is 25.7. The maximum Gasteiger partial charge on any atom is 0.244 e. The Labute approximate surface area is 131 Å². The highest BCUT2D eigenvalue weighted by Gasteiger charge is 2.01. The van der Waals surface area contributed by atoms with E-state index in [-0.39, 0.29) is 5.91 Å². The van der Waals surface area contributed by atoms with Crippen LogP contribution in [-0.2, 0) is 11.3 Å². The summed E-state index contributed by atoms with van der Waals surface area (Å²) in [5, 5.41) is 3.81. The molecule has 0 spiro atoms. The van der Waals surface area contributed by atoms with Crippen LogP contribution in [-0.4, -0.2) is 20.9 Å². The van der Waals surface area contributed by atoms with Gasteiger partial charge >= 0.3 is 0 Å². The number of nitrogens with zero attached hydrogens (tertiary/aromatic N) is 3. The van der Waals surface area contributed by atoms with Crippen molar-refractivity contribution in [1.29, 1.82) is 0 Å². The van der Waals surface area contributed by atoms with Crippen molar-refractivity contribution in [3.8, 4) is 0 Å². The molecule has 0 fully saturated rings. The molecule has 1 N–H and O–H groups in total. The van der Waals surface area contributed by atoms with Gasteiger partial charge in [-0.1, -0.05) is 12.1 Å². The summed E-state index contributed by atoms with van der Waals surface area (Å²) in [6.45, 7) is 2.42. The van der Waals surface area contributed by atoms with Crippen LogP contribution in [0.2, 0.25) is 0 Å². The zero-order chi connectivity index (χ0) is 15.4. The highest BCUT2D eigenvalue weighted by molar-refractivity contribution is 7.11. The third kappa shape index (κ3) is 3.53. The first-order chi connectivity index (χ1) is 10.7. The number of amides is 1. The second-order valence-electron chi connectivity index (χ2n) is 4.68. The summed E-state index contributed by atoms with van der Waals surface area (Å²) in [7, 11) is 0. The molecule has 0 radical (unpaired) electrons. The Hall–Kier alpha value is -2.60. The summed E-state index contributed by atoms with van der Waals surface area (Å²) in [5.74, 6) is -0.166. The smallest absolute Gasteiger partial charge is 0.244 e. The minimum absolute atomic E-state index is 0.166. The summed E-state index contributed by atoms with van der Waals surface area (Å²) in [5.41, 5.74) is 2.30. The van der Waals surface area contributed by atoms with Gasteiger partial charge in [-0.05, 0) is 25.1 Å². The summed E-state index contributed by atoms with van der Waals surface area (Å²) in [6, 6.07) is 7.63. The number of aryl methyl sites for hydroxylation is 1. The van der Waals surface area contributed by atoms with Crippen LogP contribution in [0.15, 0.2) is 42.7 Å². The Morgan fingerprint density at radius 1 is 1.23 bits per heavy atom. The molecule has 1 aromatic carbocycles. The number of fused-ring (bicyclic) bond motifs is 1. The van der Waals surface area contributed by atoms with Gasteiger partial charge in [0.25, 0.3) is 0 Å². The van der Waals surface area contributed by atoms with Crippen molar-refractivity contribution < 1.29 is 4.79 Å². The fraction of sp³-hybridized carbons (Fsp3) is 0.125. The molecule has 0 saturated heterocycles. The first kappa shape index (κ1) is 14.3. The van der Waals surface area contributed by atoms with Gasteiger partial charge in [-0.2, -0.15) is 0 Å². The van der Waals surface area contributed by atoms with Crippen LogP contribution in [0.3, 0.4) is 0 Å². The fourth-order valence-corrected chi connectivity index (χ4v) is 2.67. The van der Waals surface area contributed by atoms with Crippen molar-refractivity contribution in [2.75, 3.05) is 0 Å². The maximum atomic E-state index is 11.8. The van der Waals surface area contributed by atoms with Crippen molar-refractivity contribution in [3.05, 3.63) is 58.3 Å². The van der Waals surface area contributed by atoms with Gasteiger partial charge < -0.3 is 5.32 Å². The maximum absolute atomic E-state index is 11.8. The van der Waals surface area contributed by atoms with E-state index in [1.165, 1.54) is 6.08 Å². The lowest BCUT2D eigenvalue weighted by atomic mass is 10.3. The Morgan fingerprint density at radius 2 is 2.05 bits per heavy atom. The van der Waals surface area contributed by atoms with Gasteiger partial charge in [-0.3, -0.25) is 9.78 Å². The predicted molar refractivity (Wildman–Crippen MR) is 87.3 cm³/mol. The molecule has 0 aliphatic heterocycles. The number of thiazole rings is 1. The molecular formula is C16H14N4OS. The van der Waals surface area contributed by atoms with Crippen LogP contribution in [0.25, 0.3) is 17.1 Å². The number of hydrogen-bond acceptors (Lipinski definition) is 5. The second-order valence-corrected chi connectivity index (χ2v) is 6.00. The average molecular weight is 310 g/mol. The number of rotatable bonds is 4. The van der Waals surface area contributed by atoms with Crippen molar-refractivity contribution in [2.45, 2.75) is 13.5 Å². The van der Waals surface area contributed by atoms with E-state index in [2.05, 4.69) is 20.3 Å². The third-order valence-corrected chi connectivity index (χ3v) is 3.89. The van der Waals surface area contributed by atoms with Gasteiger partial charge in [-0.15, -0.1) is 11.3 Å². The molecule has 5 nitrogen and oxygen atoms in total. The Bertz CT molecular complexity index is 841. The number of hydrogen-bond donors (Lipinski definition) is 1. The molecule has 0 atom stereocenters. The number of carbonyl (C=O) groups excluding carboxylic acids is 1. The largest absolute Gasteiger partial charge is 0.348 e. The van der Waals surface area contributed by atoms with E-state index >= 15 is 0 Å². The van der Waals surface area contributed by atoms with Crippen LogP contribution < -0.4 is 5.32 Å². The lowest BCUT2D eigenvalue weighted by Gasteiger charge is -1.99. The molecule has 1 amide bonds. The average Bonchev–Trinajstić information content (AvgIpc) is 2.96. The van der Waals surface area contributed by atoms with Crippen molar-refractivity contribution >= 4 is 34.4 Å². The monoisotopic (exact) mass is 310 g/mol. The molecule has 0 bridgehead atoms. The zero-order valence-electron chi connectivity index (χ0n) is 12.0. The molecule has 0 aliphatic rings. The highest BCUT2D eigenvalue weighted by Crippen LogP contribution is 2.11. The molecule has 110 valence electrons. The van der Waals surface area contributed by atoms with Crippen LogP contribution >= 0.6 is 11.3 Å². The first-order valence-electron chi connectivity index (χ1n) is 6.80. The minimum Gasteiger partial charge on any atom is -0.348 e. The highest BCUT2D eigenvalue weighted by atomic mass is 32.1. The molecule has 3 aromatic rings. The van der Waals surface area contributed by atoms with E-state index < -0.39 is 0 Å². The predicted octanol–water partition coefficient (Wildman–Crippen LogP) is 2.72. The van der Waals surface area contributed by atoms with E-state index in [0.717, 1.165) is 20.9 Å². The molecule has 2 aromatic heterocycles. The normalized spacial score (nSPS) is 11.1. The molecule has 6 heteroatoms. The lowest BCUT2D eigenvalue weighted by Crippen LogP contribution is -2.19. The Balaban J connectivity index is 1.63. The van der Waals surface area contributed by atoms with Gasteiger partial charge in [0, 0.05) is 17.2 Å². The van der Waals surface area contributed by atoms with Crippen molar-refractivity contribution in [1.82, 2.24) is 20.3 Å². The van der Waals surface area contributed by atoms with Crippen molar-refractivity contribution in [3.63, 3.8) is 0 Å². The lowest BCUT2D eigenvalue weighted by molar-refractivity contribution is -0.116. The molecule has 2 heterocycles. The quantitative estimate of drug-likeness (QED) is 0.752. The fourth-order valence-electron chi connectivity index (χ4n) is 1.93. The molecule has 0 aliphatic carbocycles. The number of nitrogens with one attached hydrogen (secondary N) is 1. The van der Waals surface area contributed by atoms with E-state index in [1.807, 2.05) is 31.2 Å². The minimum atomic E-state index is -0.166. The summed E-state index contributed by atoms with van der Waals surface area (Å²) < 4.78 is 0. The van der Waals surface area contributed by atoms with E-state index in [9.17, 15) is 4.79 Å². The van der Waals surface area contributed by atoms with Gasteiger partial charge in [0.05, 0.1) is 34.5 Å². The number of benzene rings is 1. The van der Waals surface area contributed by atoms with E-state index in [4.69, 9.17) is 0 Å². The zero-order valence-corrected chi connectivity index (χ0v) is 12.8. The molecule has 0 saturated carbocycles. The van der Waals surface area contributed by atoms with Crippen molar-refractivity contribution in [2.24, 2.45) is 0 Å². The van der Waals surface area contributed by atoms with Crippen LogP contribution in [0.5, 0.6) is 0 Å². The second kappa shape index (κ2) is 6.44. The van der Waals surface area contributed by atoms with E-state index in [1.54, 1.807) is 29.8 Å². The molecular weight excluding hydrogens is 296 g/mol. The van der Waals surface area contributed by atoms with E-state index in [0.29, 0.717) is 12.2 Å². The Kier molecular flexibility index (Phi) is 4.20.